The summed E-state index contributed by atoms with van der Waals surface area (Å²) in [6.45, 7) is 2.76. The number of hydrogen-bond acceptors (Lipinski definition) is 3. The minimum atomic E-state index is -0.258. The van der Waals surface area contributed by atoms with Crippen LogP contribution in [-0.2, 0) is 4.79 Å². The first kappa shape index (κ1) is 10.5. The lowest BCUT2D eigenvalue weighted by Gasteiger charge is -2.36. The number of carbonyl (C=O) groups excluding carboxylic acids is 1. The maximum absolute atomic E-state index is 10.8. The molecule has 0 aromatic carbocycles. The van der Waals surface area contributed by atoms with E-state index in [9.17, 15) is 4.79 Å². The van der Waals surface area contributed by atoms with Crippen LogP contribution in [0.5, 0.6) is 0 Å². The maximum atomic E-state index is 10.8. The molecule has 1 aliphatic rings. The number of carbonyl (C=O) groups is 1. The summed E-state index contributed by atoms with van der Waals surface area (Å²) in [6.07, 6.45) is 2.16. The van der Waals surface area contributed by atoms with Gasteiger partial charge in [-0.15, -0.1) is 0 Å². The first-order chi connectivity index (χ1) is 6.00. The van der Waals surface area contributed by atoms with Gasteiger partial charge in [-0.25, -0.2) is 0 Å². The molecule has 76 valence electrons. The van der Waals surface area contributed by atoms with Crippen LogP contribution in [0.2, 0.25) is 0 Å². The van der Waals surface area contributed by atoms with Crippen LogP contribution in [0.1, 0.15) is 19.8 Å². The third-order valence-electron chi connectivity index (χ3n) is 2.89. The quantitative estimate of drug-likeness (QED) is 0.622. The molecular weight excluding hydrogens is 166 g/mol. The summed E-state index contributed by atoms with van der Waals surface area (Å²) in [7, 11) is 1.93. The molecule has 0 aromatic heterocycles. The second kappa shape index (κ2) is 4.07. The monoisotopic (exact) mass is 185 g/mol. The zero-order chi connectivity index (χ0) is 10.0. The van der Waals surface area contributed by atoms with Crippen LogP contribution in [-0.4, -0.2) is 36.5 Å². The van der Waals surface area contributed by atoms with E-state index < -0.39 is 0 Å². The van der Waals surface area contributed by atoms with Gasteiger partial charge in [-0.2, -0.15) is 0 Å². The van der Waals surface area contributed by atoms with Gasteiger partial charge in [0.05, 0.1) is 6.04 Å². The summed E-state index contributed by atoms with van der Waals surface area (Å²) < 4.78 is 0. The Labute approximate surface area is 79.3 Å². The van der Waals surface area contributed by atoms with Crippen LogP contribution < -0.4 is 11.5 Å². The number of hydrogen-bond donors (Lipinski definition) is 2. The van der Waals surface area contributed by atoms with E-state index >= 15 is 0 Å². The molecule has 0 saturated heterocycles. The highest BCUT2D eigenvalue weighted by Crippen LogP contribution is 2.26. The smallest absolute Gasteiger partial charge is 0.234 e. The molecule has 1 atom stereocenters. The molecule has 1 unspecified atom stereocenters. The highest BCUT2D eigenvalue weighted by Gasteiger charge is 2.28. The molecule has 0 bridgehead atoms. The molecule has 13 heavy (non-hydrogen) atoms. The molecule has 0 aliphatic heterocycles. The SMILES string of the molecule is CC(C(N)=O)N(C)CC1CC(N)C1. The van der Waals surface area contributed by atoms with E-state index in [-0.39, 0.29) is 11.9 Å². The Morgan fingerprint density at radius 3 is 2.54 bits per heavy atom. The van der Waals surface area contributed by atoms with E-state index in [2.05, 4.69) is 0 Å². The van der Waals surface area contributed by atoms with Gasteiger partial charge in [0.25, 0.3) is 0 Å². The van der Waals surface area contributed by atoms with Crippen molar-refractivity contribution >= 4 is 5.91 Å². The van der Waals surface area contributed by atoms with Gasteiger partial charge in [-0.1, -0.05) is 0 Å². The molecule has 0 radical (unpaired) electrons. The highest BCUT2D eigenvalue weighted by molar-refractivity contribution is 5.79. The first-order valence-corrected chi connectivity index (χ1v) is 4.76. The van der Waals surface area contributed by atoms with Gasteiger partial charge in [0.2, 0.25) is 5.91 Å². The number of amides is 1. The molecule has 0 spiro atoms. The average Bonchev–Trinajstić information content (AvgIpc) is 2.00. The van der Waals surface area contributed by atoms with E-state index in [1.54, 1.807) is 0 Å². The van der Waals surface area contributed by atoms with Gasteiger partial charge in [-0.3, -0.25) is 9.69 Å². The predicted molar refractivity (Wildman–Crippen MR) is 52.0 cm³/mol. The summed E-state index contributed by atoms with van der Waals surface area (Å²) in [5, 5.41) is 0. The standard InChI is InChI=1S/C9H19N3O/c1-6(9(11)13)12(2)5-7-3-8(10)4-7/h6-8H,3-5,10H2,1-2H3,(H2,11,13). The fraction of sp³-hybridized carbons (Fsp3) is 0.889. The number of likely N-dealkylation sites (N-methyl/N-ethyl adjacent to an activating group) is 1. The Morgan fingerprint density at radius 2 is 2.15 bits per heavy atom. The minimum absolute atomic E-state index is 0.170. The van der Waals surface area contributed by atoms with Crippen molar-refractivity contribution in [3.63, 3.8) is 0 Å². The van der Waals surface area contributed by atoms with Crippen molar-refractivity contribution in [1.29, 1.82) is 0 Å². The van der Waals surface area contributed by atoms with E-state index in [1.165, 1.54) is 0 Å². The fourth-order valence-electron chi connectivity index (χ4n) is 1.72. The lowest BCUT2D eigenvalue weighted by atomic mass is 9.80. The van der Waals surface area contributed by atoms with Crippen molar-refractivity contribution in [2.75, 3.05) is 13.6 Å². The Bertz CT molecular complexity index is 189. The fourth-order valence-corrected chi connectivity index (χ4v) is 1.72. The van der Waals surface area contributed by atoms with Crippen LogP contribution in [0.15, 0.2) is 0 Å². The minimum Gasteiger partial charge on any atom is -0.368 e. The molecule has 1 amide bonds. The molecule has 0 aromatic rings. The first-order valence-electron chi connectivity index (χ1n) is 4.76. The molecule has 1 saturated carbocycles. The third-order valence-corrected chi connectivity index (χ3v) is 2.89. The summed E-state index contributed by atoms with van der Waals surface area (Å²) in [5.41, 5.74) is 10.9. The zero-order valence-corrected chi connectivity index (χ0v) is 8.36. The van der Waals surface area contributed by atoms with Gasteiger partial charge in [-0.05, 0) is 32.7 Å². The highest BCUT2D eigenvalue weighted by atomic mass is 16.1. The van der Waals surface area contributed by atoms with Gasteiger partial charge in [0.15, 0.2) is 0 Å². The summed E-state index contributed by atoms with van der Waals surface area (Å²) in [6, 6.07) is 0.208. The van der Waals surface area contributed by atoms with Crippen LogP contribution in [0.3, 0.4) is 0 Å². The average molecular weight is 185 g/mol. The van der Waals surface area contributed by atoms with Crippen molar-refractivity contribution in [1.82, 2.24) is 4.90 Å². The normalized spacial score (nSPS) is 29.8. The summed E-state index contributed by atoms with van der Waals surface area (Å²) >= 11 is 0. The van der Waals surface area contributed by atoms with Crippen molar-refractivity contribution < 1.29 is 4.79 Å². The second-order valence-electron chi connectivity index (χ2n) is 4.12. The van der Waals surface area contributed by atoms with Gasteiger partial charge in [0, 0.05) is 12.6 Å². The van der Waals surface area contributed by atoms with Crippen molar-refractivity contribution in [3.8, 4) is 0 Å². The predicted octanol–water partition coefficient (Wildman–Crippen LogP) is -0.471. The van der Waals surface area contributed by atoms with Crippen molar-refractivity contribution in [2.45, 2.75) is 31.8 Å². The van der Waals surface area contributed by atoms with Gasteiger partial charge in [0.1, 0.15) is 0 Å². The molecule has 1 rings (SSSR count). The molecule has 1 fully saturated rings. The Kier molecular flexibility index (Phi) is 3.27. The Morgan fingerprint density at radius 1 is 1.62 bits per heavy atom. The zero-order valence-electron chi connectivity index (χ0n) is 8.36. The Hall–Kier alpha value is -0.610. The van der Waals surface area contributed by atoms with E-state index in [4.69, 9.17) is 11.5 Å². The van der Waals surface area contributed by atoms with Crippen LogP contribution in [0.25, 0.3) is 0 Å². The topological polar surface area (TPSA) is 72.4 Å². The van der Waals surface area contributed by atoms with Crippen LogP contribution in [0, 0.1) is 5.92 Å². The van der Waals surface area contributed by atoms with E-state index in [0.29, 0.717) is 12.0 Å². The third kappa shape index (κ3) is 2.67. The number of rotatable bonds is 4. The molecule has 4 N–H and O–H groups in total. The summed E-state index contributed by atoms with van der Waals surface area (Å²) in [5.74, 6) is 0.396. The molecule has 4 heteroatoms. The number of nitrogens with zero attached hydrogens (tertiary/aromatic N) is 1. The van der Waals surface area contributed by atoms with Crippen molar-refractivity contribution in [3.05, 3.63) is 0 Å². The van der Waals surface area contributed by atoms with Crippen LogP contribution in [0.4, 0.5) is 0 Å². The van der Waals surface area contributed by atoms with E-state index in [1.807, 2.05) is 18.9 Å². The summed E-state index contributed by atoms with van der Waals surface area (Å²) in [4.78, 5) is 12.8. The van der Waals surface area contributed by atoms with Gasteiger partial charge >= 0.3 is 0 Å². The van der Waals surface area contributed by atoms with Crippen LogP contribution >= 0.6 is 0 Å². The second-order valence-corrected chi connectivity index (χ2v) is 4.12. The van der Waals surface area contributed by atoms with Gasteiger partial charge < -0.3 is 11.5 Å². The number of nitrogens with two attached hydrogens (primary N) is 2. The molecule has 0 heterocycles. The molecule has 4 nitrogen and oxygen atoms in total. The molecular formula is C9H19N3O. The number of primary amides is 1. The Balaban J connectivity index is 2.24. The largest absolute Gasteiger partial charge is 0.368 e. The molecule has 1 aliphatic carbocycles. The lowest BCUT2D eigenvalue weighted by Crippen LogP contribution is -2.47. The lowest BCUT2D eigenvalue weighted by molar-refractivity contribution is -0.122. The maximum Gasteiger partial charge on any atom is 0.234 e. The van der Waals surface area contributed by atoms with E-state index in [0.717, 1.165) is 19.4 Å². The van der Waals surface area contributed by atoms with Crippen molar-refractivity contribution in [2.24, 2.45) is 17.4 Å².